The van der Waals surface area contributed by atoms with E-state index in [1.54, 1.807) is 56.1 Å². The van der Waals surface area contributed by atoms with Gasteiger partial charge in [0.15, 0.2) is 0 Å². The van der Waals surface area contributed by atoms with Crippen LogP contribution in [0, 0.1) is 5.41 Å². The number of anilines is 1. The maximum absolute atomic E-state index is 12.9. The highest BCUT2D eigenvalue weighted by Gasteiger charge is 2.33. The van der Waals surface area contributed by atoms with Crippen LogP contribution in [0.5, 0.6) is 0 Å². The fraction of sp³-hybridized carbons (Fsp3) is 0.435. The summed E-state index contributed by atoms with van der Waals surface area (Å²) < 4.78 is 1.46. The average Bonchev–Trinajstić information content (AvgIpc) is 3.37. The number of fused-ring (bicyclic) bond motifs is 1. The van der Waals surface area contributed by atoms with Gasteiger partial charge in [-0.3, -0.25) is 14.6 Å². The molecule has 0 saturated carbocycles. The number of carbonyl (C=O) groups excluding carboxylic acids is 2. The molecule has 0 aliphatic carbocycles. The van der Waals surface area contributed by atoms with Crippen LogP contribution in [0.3, 0.4) is 0 Å². The molecule has 4 heterocycles. The van der Waals surface area contributed by atoms with Gasteiger partial charge < -0.3 is 20.4 Å². The van der Waals surface area contributed by atoms with E-state index in [0.717, 1.165) is 11.1 Å². The minimum absolute atomic E-state index is 0.132. The van der Waals surface area contributed by atoms with Crippen molar-refractivity contribution in [1.82, 2.24) is 35.1 Å². The van der Waals surface area contributed by atoms with E-state index >= 15 is 0 Å². The zero-order valence-electron chi connectivity index (χ0n) is 19.8. The van der Waals surface area contributed by atoms with Crippen molar-refractivity contribution in [2.45, 2.75) is 39.8 Å². The molecule has 0 bridgehead atoms. The van der Waals surface area contributed by atoms with Gasteiger partial charge in [0.05, 0.1) is 24.7 Å². The molecule has 35 heavy (non-hydrogen) atoms. The Kier molecular flexibility index (Phi) is 6.85. The van der Waals surface area contributed by atoms with Crippen molar-refractivity contribution in [3.8, 4) is 11.5 Å². The molecule has 0 aromatic carbocycles. The molecule has 1 aliphatic rings. The lowest BCUT2D eigenvalue weighted by Gasteiger charge is -2.34. The van der Waals surface area contributed by atoms with E-state index in [9.17, 15) is 19.8 Å². The zero-order valence-corrected chi connectivity index (χ0v) is 19.8. The Morgan fingerprint density at radius 1 is 1.23 bits per heavy atom. The van der Waals surface area contributed by atoms with Gasteiger partial charge in [0.1, 0.15) is 17.2 Å². The molecule has 12 heteroatoms. The fourth-order valence-corrected chi connectivity index (χ4v) is 3.78. The van der Waals surface area contributed by atoms with Crippen molar-refractivity contribution < 1.29 is 19.8 Å². The quantitative estimate of drug-likeness (QED) is 0.445. The topological polar surface area (TPSA) is 159 Å². The molecular weight excluding hydrogens is 452 g/mol. The SMILES string of the molecule is C[C@H](CO)n1nnnc1-c1cccc(NC(=O)c2cc3c(cn2)CCN(C(=O)C(C)(C)CO)C3)n1. The summed E-state index contributed by atoms with van der Waals surface area (Å²) in [7, 11) is 0. The first-order chi connectivity index (χ1) is 16.7. The monoisotopic (exact) mass is 480 g/mol. The van der Waals surface area contributed by atoms with Crippen LogP contribution in [0.25, 0.3) is 11.5 Å². The molecule has 0 unspecified atom stereocenters. The lowest BCUT2D eigenvalue weighted by molar-refractivity contribution is -0.143. The van der Waals surface area contributed by atoms with E-state index < -0.39 is 11.3 Å². The first kappa shape index (κ1) is 24.4. The summed E-state index contributed by atoms with van der Waals surface area (Å²) in [5, 5.41) is 33.3. The third-order valence-corrected chi connectivity index (χ3v) is 5.98. The number of nitrogens with zero attached hydrogens (tertiary/aromatic N) is 7. The lowest BCUT2D eigenvalue weighted by Crippen LogP contribution is -2.45. The van der Waals surface area contributed by atoms with Gasteiger partial charge in [-0.05, 0) is 66.9 Å². The Labute approximate surface area is 202 Å². The highest BCUT2D eigenvalue weighted by Crippen LogP contribution is 2.25. The molecule has 0 radical (unpaired) electrons. The summed E-state index contributed by atoms with van der Waals surface area (Å²) in [6.45, 7) is 5.69. The van der Waals surface area contributed by atoms with Crippen LogP contribution >= 0.6 is 0 Å². The molecule has 4 rings (SSSR count). The van der Waals surface area contributed by atoms with Crippen molar-refractivity contribution in [2.75, 3.05) is 25.1 Å². The molecule has 184 valence electrons. The summed E-state index contributed by atoms with van der Waals surface area (Å²) in [5.41, 5.74) is 1.60. The summed E-state index contributed by atoms with van der Waals surface area (Å²) in [4.78, 5) is 36.1. The highest BCUT2D eigenvalue weighted by atomic mass is 16.3. The Hall–Kier alpha value is -3.77. The minimum atomic E-state index is -0.865. The molecule has 3 aromatic rings. The van der Waals surface area contributed by atoms with Crippen molar-refractivity contribution in [2.24, 2.45) is 5.41 Å². The van der Waals surface area contributed by atoms with Crippen LogP contribution in [0.1, 0.15) is 48.4 Å². The van der Waals surface area contributed by atoms with Crippen molar-refractivity contribution in [1.29, 1.82) is 0 Å². The maximum atomic E-state index is 12.9. The third kappa shape index (κ3) is 5.03. The number of hydrogen-bond acceptors (Lipinski definition) is 9. The Balaban J connectivity index is 1.51. The van der Waals surface area contributed by atoms with Crippen molar-refractivity contribution in [3.63, 3.8) is 0 Å². The van der Waals surface area contributed by atoms with E-state index in [2.05, 4.69) is 30.8 Å². The number of nitrogens with one attached hydrogen (secondary N) is 1. The van der Waals surface area contributed by atoms with Gasteiger partial charge in [-0.2, -0.15) is 0 Å². The number of carbonyl (C=O) groups is 2. The number of aliphatic hydroxyl groups excluding tert-OH is 2. The summed E-state index contributed by atoms with van der Waals surface area (Å²) >= 11 is 0. The standard InChI is InChI=1S/C23H28N8O4/c1-14(12-32)31-20(27-28-29-31)17-5-4-6-19(25-17)26-21(34)18-9-16-11-30(8-7-15(16)10-24-18)22(35)23(2,3)13-33/h4-6,9-10,14,32-33H,7-8,11-13H2,1-3H3,(H,25,26,34)/t14-/m1/s1. The van der Waals surface area contributed by atoms with Gasteiger partial charge in [0.2, 0.25) is 11.7 Å². The molecule has 0 saturated heterocycles. The highest BCUT2D eigenvalue weighted by molar-refractivity contribution is 6.02. The van der Waals surface area contributed by atoms with Gasteiger partial charge in [-0.1, -0.05) is 6.07 Å². The van der Waals surface area contributed by atoms with Crippen molar-refractivity contribution in [3.05, 3.63) is 47.3 Å². The lowest BCUT2D eigenvalue weighted by atomic mass is 9.91. The Bertz CT molecular complexity index is 1240. The molecule has 1 atom stereocenters. The number of aliphatic hydroxyl groups is 2. The van der Waals surface area contributed by atoms with Gasteiger partial charge in [-0.25, -0.2) is 9.67 Å². The number of pyridine rings is 2. The Morgan fingerprint density at radius 3 is 2.77 bits per heavy atom. The summed E-state index contributed by atoms with van der Waals surface area (Å²) in [5.74, 6) is 0.0806. The molecule has 3 N–H and O–H groups in total. The third-order valence-electron chi connectivity index (χ3n) is 5.98. The molecule has 3 aromatic heterocycles. The van der Waals surface area contributed by atoms with E-state index in [4.69, 9.17) is 0 Å². The van der Waals surface area contributed by atoms with Gasteiger partial charge in [0, 0.05) is 19.3 Å². The van der Waals surface area contributed by atoms with Crippen LogP contribution in [-0.4, -0.2) is 76.9 Å². The van der Waals surface area contributed by atoms with Crippen LogP contribution in [0.4, 0.5) is 5.82 Å². The van der Waals surface area contributed by atoms with E-state index in [1.807, 2.05) is 0 Å². The molecule has 2 amide bonds. The average molecular weight is 481 g/mol. The number of hydrogen-bond donors (Lipinski definition) is 3. The summed E-state index contributed by atoms with van der Waals surface area (Å²) in [6, 6.07) is 6.41. The zero-order chi connectivity index (χ0) is 25.2. The van der Waals surface area contributed by atoms with Gasteiger partial charge >= 0.3 is 0 Å². The molecule has 1 aliphatic heterocycles. The predicted octanol–water partition coefficient (Wildman–Crippen LogP) is 0.839. The van der Waals surface area contributed by atoms with E-state index in [0.29, 0.717) is 36.8 Å². The van der Waals surface area contributed by atoms with E-state index in [-0.39, 0.29) is 30.9 Å². The van der Waals surface area contributed by atoms with Crippen LogP contribution in [0.15, 0.2) is 30.5 Å². The maximum Gasteiger partial charge on any atom is 0.275 e. The first-order valence-electron chi connectivity index (χ1n) is 11.3. The van der Waals surface area contributed by atoms with Crippen LogP contribution in [0.2, 0.25) is 0 Å². The van der Waals surface area contributed by atoms with Crippen LogP contribution < -0.4 is 5.32 Å². The second-order valence-electron chi connectivity index (χ2n) is 9.20. The van der Waals surface area contributed by atoms with Gasteiger partial charge in [-0.15, -0.1) is 5.10 Å². The smallest absolute Gasteiger partial charge is 0.275 e. The minimum Gasteiger partial charge on any atom is -0.395 e. The molecule has 12 nitrogen and oxygen atoms in total. The first-order valence-corrected chi connectivity index (χ1v) is 11.3. The predicted molar refractivity (Wildman–Crippen MR) is 125 cm³/mol. The summed E-state index contributed by atoms with van der Waals surface area (Å²) in [6.07, 6.45) is 2.29. The fourth-order valence-electron chi connectivity index (χ4n) is 3.78. The molecule has 0 spiro atoms. The Morgan fingerprint density at radius 2 is 2.03 bits per heavy atom. The largest absolute Gasteiger partial charge is 0.395 e. The number of aromatic nitrogens is 6. The van der Waals surface area contributed by atoms with Gasteiger partial charge in [0.25, 0.3) is 5.91 Å². The van der Waals surface area contributed by atoms with Crippen LogP contribution in [-0.2, 0) is 17.8 Å². The second kappa shape index (κ2) is 9.84. The number of amides is 2. The second-order valence-corrected chi connectivity index (χ2v) is 9.20. The van der Waals surface area contributed by atoms with E-state index in [1.165, 1.54) is 4.68 Å². The molecular formula is C23H28N8O4. The normalized spacial score (nSPS) is 14.4. The number of tetrazole rings is 1. The molecule has 0 fully saturated rings. The van der Waals surface area contributed by atoms with Crippen molar-refractivity contribution >= 4 is 17.6 Å². The number of rotatable bonds is 7.